The molecule has 0 unspecified atom stereocenters. The molecular weight excluding hydrogens is 184 g/mol. The summed E-state index contributed by atoms with van der Waals surface area (Å²) in [5.41, 5.74) is 0. The smallest absolute Gasteiger partial charge is 0.233 e. The minimum absolute atomic E-state index is 0.00983. The van der Waals surface area contributed by atoms with E-state index in [4.69, 9.17) is 9.47 Å². The molecule has 0 atom stereocenters. The number of carbonyl (C=O) groups excluding carboxylic acids is 1. The van der Waals surface area contributed by atoms with Crippen LogP contribution in [0.2, 0.25) is 0 Å². The molecule has 0 bridgehead atoms. The molecule has 1 amide bonds. The van der Waals surface area contributed by atoms with Crippen LogP contribution in [0.5, 0.6) is 0 Å². The molecule has 84 valence electrons. The van der Waals surface area contributed by atoms with Gasteiger partial charge in [0.15, 0.2) is 0 Å². The molecule has 14 heavy (non-hydrogen) atoms. The Morgan fingerprint density at radius 1 is 1.29 bits per heavy atom. The molecule has 0 aromatic carbocycles. The van der Waals surface area contributed by atoms with Gasteiger partial charge in [0.1, 0.15) is 0 Å². The third-order valence-electron chi connectivity index (χ3n) is 1.62. The largest absolute Gasteiger partial charge is 0.385 e. The van der Waals surface area contributed by atoms with Gasteiger partial charge in [0, 0.05) is 33.9 Å². The van der Waals surface area contributed by atoms with Gasteiger partial charge in [0.05, 0.1) is 13.2 Å². The summed E-state index contributed by atoms with van der Waals surface area (Å²) in [6.07, 6.45) is 0.909. The second-order valence-electron chi connectivity index (χ2n) is 2.81. The minimum atomic E-state index is -0.00983. The Balaban J connectivity index is 2.95. The van der Waals surface area contributed by atoms with E-state index in [-0.39, 0.29) is 5.91 Å². The highest BCUT2D eigenvalue weighted by molar-refractivity contribution is 5.77. The lowest BCUT2D eigenvalue weighted by molar-refractivity contribution is -0.119. The first-order valence-corrected chi connectivity index (χ1v) is 4.79. The molecule has 0 rings (SSSR count). The molecule has 0 spiro atoms. The highest BCUT2D eigenvalue weighted by Crippen LogP contribution is 1.82. The van der Waals surface area contributed by atoms with Crippen LogP contribution in [0, 0.1) is 0 Å². The zero-order valence-electron chi connectivity index (χ0n) is 8.97. The van der Waals surface area contributed by atoms with Gasteiger partial charge in [0.25, 0.3) is 0 Å². The van der Waals surface area contributed by atoms with Gasteiger partial charge in [-0.3, -0.25) is 4.79 Å². The van der Waals surface area contributed by atoms with Crippen LogP contribution in [0.4, 0.5) is 0 Å². The van der Waals surface area contributed by atoms with Gasteiger partial charge in [-0.1, -0.05) is 0 Å². The lowest BCUT2D eigenvalue weighted by atomic mass is 10.5. The summed E-state index contributed by atoms with van der Waals surface area (Å²) in [4.78, 5) is 10.8. The highest BCUT2D eigenvalue weighted by Gasteiger charge is 1.95. The first kappa shape index (κ1) is 13.4. The Hall–Kier alpha value is -0.650. The van der Waals surface area contributed by atoms with Crippen LogP contribution in [-0.4, -0.2) is 53.0 Å². The number of likely N-dealkylation sites (N-methyl/N-ethyl adjacent to an activating group) is 1. The maximum atomic E-state index is 10.8. The van der Waals surface area contributed by atoms with Crippen LogP contribution >= 0.6 is 0 Å². The van der Waals surface area contributed by atoms with Crippen LogP contribution < -0.4 is 10.6 Å². The van der Waals surface area contributed by atoms with Crippen LogP contribution in [-0.2, 0) is 14.3 Å². The molecule has 0 heterocycles. The van der Waals surface area contributed by atoms with Crippen LogP contribution in [0.25, 0.3) is 0 Å². The average molecular weight is 204 g/mol. The third-order valence-corrected chi connectivity index (χ3v) is 1.62. The molecule has 0 aromatic rings. The van der Waals surface area contributed by atoms with Gasteiger partial charge in [-0.15, -0.1) is 0 Å². The van der Waals surface area contributed by atoms with E-state index in [1.165, 1.54) is 0 Å². The SMILES string of the molecule is CNC(=O)CNCCOCCCOC. The lowest BCUT2D eigenvalue weighted by Crippen LogP contribution is -2.33. The molecule has 2 N–H and O–H groups in total. The van der Waals surface area contributed by atoms with Crippen molar-refractivity contribution in [3.05, 3.63) is 0 Å². The van der Waals surface area contributed by atoms with E-state index in [0.717, 1.165) is 13.0 Å². The quantitative estimate of drug-likeness (QED) is 0.491. The summed E-state index contributed by atoms with van der Waals surface area (Å²) in [6.45, 7) is 3.10. The van der Waals surface area contributed by atoms with Gasteiger partial charge in [-0.05, 0) is 6.42 Å². The maximum absolute atomic E-state index is 10.8. The fraction of sp³-hybridized carbons (Fsp3) is 0.889. The number of hydrogen-bond acceptors (Lipinski definition) is 4. The predicted octanol–water partition coefficient (Wildman–Crippen LogP) is -0.625. The van der Waals surface area contributed by atoms with Crippen LogP contribution in [0.3, 0.4) is 0 Å². The molecule has 0 aliphatic carbocycles. The van der Waals surface area contributed by atoms with Crippen molar-refractivity contribution in [2.75, 3.05) is 47.1 Å². The molecule has 5 nitrogen and oxygen atoms in total. The lowest BCUT2D eigenvalue weighted by Gasteiger charge is -2.05. The Morgan fingerprint density at radius 3 is 2.71 bits per heavy atom. The molecule has 0 aliphatic heterocycles. The molecule has 0 fully saturated rings. The Labute approximate surface area is 85.1 Å². The Morgan fingerprint density at radius 2 is 2.07 bits per heavy atom. The number of hydrogen-bond donors (Lipinski definition) is 2. The van der Waals surface area contributed by atoms with E-state index >= 15 is 0 Å². The normalized spacial score (nSPS) is 10.1. The Bertz CT molecular complexity index is 142. The second-order valence-corrected chi connectivity index (χ2v) is 2.81. The first-order chi connectivity index (χ1) is 6.81. The van der Waals surface area contributed by atoms with Crippen molar-refractivity contribution in [2.24, 2.45) is 0 Å². The van der Waals surface area contributed by atoms with E-state index in [2.05, 4.69) is 10.6 Å². The van der Waals surface area contributed by atoms with E-state index < -0.39 is 0 Å². The number of methoxy groups -OCH3 is 1. The molecule has 0 saturated heterocycles. The van der Waals surface area contributed by atoms with Crippen LogP contribution in [0.15, 0.2) is 0 Å². The molecule has 0 saturated carbocycles. The van der Waals surface area contributed by atoms with Crippen molar-refractivity contribution in [3.63, 3.8) is 0 Å². The average Bonchev–Trinajstić information content (AvgIpc) is 2.21. The highest BCUT2D eigenvalue weighted by atomic mass is 16.5. The van der Waals surface area contributed by atoms with Gasteiger partial charge in [0.2, 0.25) is 5.91 Å². The van der Waals surface area contributed by atoms with Crippen molar-refractivity contribution in [1.29, 1.82) is 0 Å². The molecular formula is C9H20N2O3. The zero-order chi connectivity index (χ0) is 10.6. The standard InChI is InChI=1S/C9H20N2O3/c1-10-9(12)8-11-4-7-14-6-3-5-13-2/h11H,3-8H2,1-2H3,(H,10,12). The number of rotatable bonds is 9. The monoisotopic (exact) mass is 204 g/mol. The summed E-state index contributed by atoms with van der Waals surface area (Å²) < 4.78 is 10.1. The first-order valence-electron chi connectivity index (χ1n) is 4.79. The predicted molar refractivity (Wildman–Crippen MR) is 54.2 cm³/mol. The van der Waals surface area contributed by atoms with Crippen molar-refractivity contribution in [2.45, 2.75) is 6.42 Å². The number of ether oxygens (including phenoxy) is 2. The van der Waals surface area contributed by atoms with E-state index in [1.54, 1.807) is 14.2 Å². The fourth-order valence-corrected chi connectivity index (χ4v) is 0.842. The second kappa shape index (κ2) is 10.4. The minimum Gasteiger partial charge on any atom is -0.385 e. The molecule has 0 radical (unpaired) electrons. The number of carbonyl (C=O) groups is 1. The van der Waals surface area contributed by atoms with E-state index in [1.807, 2.05) is 0 Å². The number of amides is 1. The van der Waals surface area contributed by atoms with E-state index in [0.29, 0.717) is 26.3 Å². The molecule has 5 heteroatoms. The Kier molecular flexibility index (Phi) is 9.95. The summed E-state index contributed by atoms with van der Waals surface area (Å²) >= 11 is 0. The number of nitrogens with one attached hydrogen (secondary N) is 2. The topological polar surface area (TPSA) is 59.6 Å². The van der Waals surface area contributed by atoms with Gasteiger partial charge in [-0.2, -0.15) is 0 Å². The summed E-state index contributed by atoms with van der Waals surface area (Å²) in [5, 5.41) is 5.48. The maximum Gasteiger partial charge on any atom is 0.233 e. The van der Waals surface area contributed by atoms with Crippen molar-refractivity contribution in [3.8, 4) is 0 Å². The van der Waals surface area contributed by atoms with Crippen molar-refractivity contribution >= 4 is 5.91 Å². The summed E-state index contributed by atoms with van der Waals surface area (Å²) in [6, 6.07) is 0. The zero-order valence-corrected chi connectivity index (χ0v) is 8.97. The van der Waals surface area contributed by atoms with Crippen molar-refractivity contribution < 1.29 is 14.3 Å². The summed E-state index contributed by atoms with van der Waals surface area (Å²) in [5.74, 6) is -0.00983. The van der Waals surface area contributed by atoms with Gasteiger partial charge < -0.3 is 20.1 Å². The molecule has 0 aliphatic rings. The fourth-order valence-electron chi connectivity index (χ4n) is 0.842. The molecule has 0 aromatic heterocycles. The van der Waals surface area contributed by atoms with Gasteiger partial charge >= 0.3 is 0 Å². The van der Waals surface area contributed by atoms with Crippen LogP contribution in [0.1, 0.15) is 6.42 Å². The van der Waals surface area contributed by atoms with E-state index in [9.17, 15) is 4.79 Å². The van der Waals surface area contributed by atoms with Gasteiger partial charge in [-0.25, -0.2) is 0 Å². The summed E-state index contributed by atoms with van der Waals surface area (Å²) in [7, 11) is 3.29. The third kappa shape index (κ3) is 9.44. The van der Waals surface area contributed by atoms with Crippen molar-refractivity contribution in [1.82, 2.24) is 10.6 Å².